The van der Waals surface area contributed by atoms with Gasteiger partial charge in [0, 0.05) is 0 Å². The van der Waals surface area contributed by atoms with Gasteiger partial charge in [-0.2, -0.15) is 0 Å². The standard InChI is InChI=1S/C7H17N.CH3BO/c1-4-5-8-6-7(2)3;1-2-3/h7-8H,4-6H2,1-3H3;1H3. The van der Waals surface area contributed by atoms with Crippen LogP contribution in [0.5, 0.6) is 0 Å². The molecule has 11 heavy (non-hydrogen) atoms. The Balaban J connectivity index is 0. The topological polar surface area (TPSA) is 29.1 Å². The molecule has 0 aliphatic heterocycles. The summed E-state index contributed by atoms with van der Waals surface area (Å²) < 4.78 is 8.81. The molecule has 3 heteroatoms. The fraction of sp³-hybridized carbons (Fsp3) is 1.00. The predicted octanol–water partition coefficient (Wildman–Crippen LogP) is 1.73. The van der Waals surface area contributed by atoms with Crippen molar-refractivity contribution < 1.29 is 4.70 Å². The van der Waals surface area contributed by atoms with Crippen molar-refractivity contribution in [2.45, 2.75) is 34.0 Å². The van der Waals surface area contributed by atoms with Crippen LogP contribution in [-0.4, -0.2) is 20.2 Å². The van der Waals surface area contributed by atoms with Crippen LogP contribution in [-0.2, 0) is 4.70 Å². The smallest absolute Gasteiger partial charge is 0.00258 e. The molecule has 0 heterocycles. The van der Waals surface area contributed by atoms with Crippen molar-refractivity contribution in [1.29, 1.82) is 0 Å². The summed E-state index contributed by atoms with van der Waals surface area (Å²) >= 11 is 0. The van der Waals surface area contributed by atoms with Crippen molar-refractivity contribution >= 4 is 7.15 Å². The minimum Gasteiger partial charge on any atom is -0.316 e. The van der Waals surface area contributed by atoms with Crippen molar-refractivity contribution in [2.24, 2.45) is 5.92 Å². The SMILES string of the molecule is CB=O.CCCNCC(C)C. The molecule has 0 saturated heterocycles. The second kappa shape index (κ2) is 12.5. The normalized spacial score (nSPS) is 8.45. The van der Waals surface area contributed by atoms with Gasteiger partial charge in [-0.15, -0.1) is 0 Å². The first kappa shape index (κ1) is 13.4. The number of rotatable bonds is 4. The molecule has 0 radical (unpaired) electrons. The maximum Gasteiger partial charge on any atom is -0.00258 e. The third kappa shape index (κ3) is 25.8. The largest absolute Gasteiger partial charge is 0.316 e. The summed E-state index contributed by atoms with van der Waals surface area (Å²) in [5.41, 5.74) is 0. The molecule has 0 amide bonds. The Morgan fingerprint density at radius 1 is 1.45 bits per heavy atom. The van der Waals surface area contributed by atoms with Crippen LogP contribution >= 0.6 is 0 Å². The molecule has 0 unspecified atom stereocenters. The number of hydrogen-bond acceptors (Lipinski definition) is 2. The van der Waals surface area contributed by atoms with E-state index in [-0.39, 0.29) is 0 Å². The summed E-state index contributed by atoms with van der Waals surface area (Å²) in [7, 11) is 0.750. The van der Waals surface area contributed by atoms with Gasteiger partial charge < -0.3 is 5.32 Å². The first-order valence-corrected chi connectivity index (χ1v) is 4.29. The first-order valence-electron chi connectivity index (χ1n) is 4.29. The maximum atomic E-state index is 8.81. The van der Waals surface area contributed by atoms with Gasteiger partial charge in [-0.3, -0.25) is 0 Å². The van der Waals surface area contributed by atoms with Crippen molar-refractivity contribution in [3.63, 3.8) is 0 Å². The molecule has 1 N–H and O–H groups in total. The van der Waals surface area contributed by atoms with Gasteiger partial charge in [0.15, 0.2) is 0 Å². The quantitative estimate of drug-likeness (QED) is 0.497. The monoisotopic (exact) mass is 157 g/mol. The third-order valence-electron chi connectivity index (χ3n) is 0.979. The van der Waals surface area contributed by atoms with E-state index in [4.69, 9.17) is 4.70 Å². The maximum absolute atomic E-state index is 8.81. The zero-order chi connectivity index (χ0) is 9.11. The molecule has 0 bridgehead atoms. The van der Waals surface area contributed by atoms with E-state index in [0.29, 0.717) is 0 Å². The molecule has 0 rings (SSSR count). The van der Waals surface area contributed by atoms with E-state index in [1.165, 1.54) is 13.2 Å². The van der Waals surface area contributed by atoms with Gasteiger partial charge in [0.1, 0.15) is 0 Å². The van der Waals surface area contributed by atoms with E-state index in [1.54, 1.807) is 0 Å². The molecule has 0 aromatic rings. The van der Waals surface area contributed by atoms with Crippen LogP contribution in [0.3, 0.4) is 0 Å². The van der Waals surface area contributed by atoms with Gasteiger partial charge in [-0.25, -0.2) is 0 Å². The summed E-state index contributed by atoms with van der Waals surface area (Å²) in [5, 5.41) is 3.33. The van der Waals surface area contributed by atoms with Gasteiger partial charge in [-0.05, 0) is 25.4 Å². The molecule has 0 aliphatic carbocycles. The van der Waals surface area contributed by atoms with Gasteiger partial charge in [0.25, 0.3) is 0 Å². The van der Waals surface area contributed by atoms with Crippen LogP contribution in [0, 0.1) is 5.92 Å². The predicted molar refractivity (Wildman–Crippen MR) is 50.3 cm³/mol. The molecule has 0 aromatic heterocycles. The Bertz CT molecular complexity index is 76.5. The molecule has 66 valence electrons. The third-order valence-corrected chi connectivity index (χ3v) is 0.979. The van der Waals surface area contributed by atoms with Crippen molar-refractivity contribution in [3.8, 4) is 0 Å². The molecule has 0 atom stereocenters. The molecular formula is C8H20BNO. The Labute approximate surface area is 71.0 Å². The summed E-state index contributed by atoms with van der Waals surface area (Å²) in [6.45, 7) is 10.4. The molecule has 0 aliphatic rings. The number of nitrogens with one attached hydrogen (secondary N) is 1. The summed E-state index contributed by atoms with van der Waals surface area (Å²) in [4.78, 5) is 0. The van der Waals surface area contributed by atoms with E-state index in [9.17, 15) is 0 Å². The van der Waals surface area contributed by atoms with Crippen molar-refractivity contribution in [1.82, 2.24) is 5.32 Å². The van der Waals surface area contributed by atoms with E-state index in [1.807, 2.05) is 0 Å². The van der Waals surface area contributed by atoms with Crippen LogP contribution in [0.25, 0.3) is 0 Å². The van der Waals surface area contributed by atoms with Crippen molar-refractivity contribution in [3.05, 3.63) is 0 Å². The van der Waals surface area contributed by atoms with Gasteiger partial charge in [0.05, 0.1) is 0 Å². The average Bonchev–Trinajstić information content (AvgIpc) is 1.89. The molecule has 0 fully saturated rings. The fourth-order valence-electron chi connectivity index (χ4n) is 0.568. The van der Waals surface area contributed by atoms with Gasteiger partial charge >= 0.3 is 18.7 Å². The second-order valence-electron chi connectivity index (χ2n) is 2.83. The molecular weight excluding hydrogens is 137 g/mol. The van der Waals surface area contributed by atoms with E-state index < -0.39 is 0 Å². The zero-order valence-electron chi connectivity index (χ0n) is 8.18. The Morgan fingerprint density at radius 2 is 1.91 bits per heavy atom. The molecule has 2 nitrogen and oxygen atoms in total. The minimum atomic E-state index is 0.750. The molecule has 0 saturated carbocycles. The second-order valence-corrected chi connectivity index (χ2v) is 2.83. The molecule has 0 spiro atoms. The van der Waals surface area contributed by atoms with Gasteiger partial charge in [0.2, 0.25) is 0 Å². The average molecular weight is 157 g/mol. The van der Waals surface area contributed by atoms with Crippen LogP contribution in [0.1, 0.15) is 27.2 Å². The van der Waals surface area contributed by atoms with Crippen LogP contribution < -0.4 is 5.32 Å². The van der Waals surface area contributed by atoms with Crippen LogP contribution in [0.15, 0.2) is 0 Å². The number of hydrogen-bond donors (Lipinski definition) is 1. The fourth-order valence-corrected chi connectivity index (χ4v) is 0.568. The summed E-state index contributed by atoms with van der Waals surface area (Å²) in [6, 6.07) is 0. The van der Waals surface area contributed by atoms with Crippen LogP contribution in [0.2, 0.25) is 6.82 Å². The Kier molecular flexibility index (Phi) is 15.2. The zero-order valence-corrected chi connectivity index (χ0v) is 8.18. The van der Waals surface area contributed by atoms with Crippen LogP contribution in [0.4, 0.5) is 0 Å². The molecule has 0 aromatic carbocycles. The Hall–Kier alpha value is -0.175. The Morgan fingerprint density at radius 3 is 2.18 bits per heavy atom. The summed E-state index contributed by atoms with van der Waals surface area (Å²) in [5.74, 6) is 0.793. The first-order chi connectivity index (χ1) is 5.18. The minimum absolute atomic E-state index is 0.750. The van der Waals surface area contributed by atoms with E-state index in [0.717, 1.165) is 26.2 Å². The van der Waals surface area contributed by atoms with E-state index >= 15 is 0 Å². The summed E-state index contributed by atoms with van der Waals surface area (Å²) in [6.07, 6.45) is 1.24. The van der Waals surface area contributed by atoms with Gasteiger partial charge in [-0.1, -0.05) is 20.8 Å². The van der Waals surface area contributed by atoms with E-state index in [2.05, 4.69) is 26.1 Å². The van der Waals surface area contributed by atoms with Crippen molar-refractivity contribution in [2.75, 3.05) is 13.1 Å².